The third-order valence-corrected chi connectivity index (χ3v) is 8.15. The van der Waals surface area contributed by atoms with E-state index < -0.39 is 45.5 Å². The van der Waals surface area contributed by atoms with Gasteiger partial charge < -0.3 is 20.1 Å². The molecule has 0 saturated carbocycles. The topological polar surface area (TPSA) is 131 Å². The van der Waals surface area contributed by atoms with E-state index in [-0.39, 0.29) is 35.8 Å². The predicted molar refractivity (Wildman–Crippen MR) is 142 cm³/mol. The number of benzene rings is 2. The number of ketones is 1. The highest BCUT2D eigenvalue weighted by Crippen LogP contribution is 2.28. The number of nitrogens with zero attached hydrogens (tertiary/aromatic N) is 1. The number of hydrogen-bond donors (Lipinski definition) is 2. The van der Waals surface area contributed by atoms with E-state index in [1.54, 1.807) is 0 Å². The first-order valence-electron chi connectivity index (χ1n) is 12.6. The lowest BCUT2D eigenvalue weighted by molar-refractivity contribution is -0.135. The molecular formula is C27H34FN3O7S. The van der Waals surface area contributed by atoms with Crippen LogP contribution in [-0.4, -0.2) is 69.7 Å². The molecule has 0 aliphatic carbocycles. The largest absolute Gasteiger partial charge is 0.493 e. The second-order valence-corrected chi connectivity index (χ2v) is 11.4. The Bertz CT molecular complexity index is 1300. The Morgan fingerprint density at radius 1 is 1.10 bits per heavy atom. The van der Waals surface area contributed by atoms with E-state index in [1.807, 2.05) is 13.8 Å². The predicted octanol–water partition coefficient (Wildman–Crippen LogP) is 2.53. The van der Waals surface area contributed by atoms with Crippen LogP contribution in [0.15, 0.2) is 47.4 Å². The molecule has 0 aromatic heterocycles. The number of amides is 2. The Kier molecular flexibility index (Phi) is 10.0. The highest BCUT2D eigenvalue weighted by Gasteiger charge is 2.43. The van der Waals surface area contributed by atoms with Crippen LogP contribution in [0, 0.1) is 11.7 Å². The van der Waals surface area contributed by atoms with Gasteiger partial charge in [-0.25, -0.2) is 17.1 Å². The lowest BCUT2D eigenvalue weighted by Crippen LogP contribution is -2.56. The van der Waals surface area contributed by atoms with Gasteiger partial charge in [-0.15, -0.1) is 0 Å². The number of halogens is 1. The Balaban J connectivity index is 2.04. The van der Waals surface area contributed by atoms with Gasteiger partial charge >= 0.3 is 0 Å². The van der Waals surface area contributed by atoms with Gasteiger partial charge in [0.25, 0.3) is 21.8 Å². The fourth-order valence-corrected chi connectivity index (χ4v) is 6.01. The zero-order valence-corrected chi connectivity index (χ0v) is 23.2. The molecule has 2 aromatic rings. The number of ether oxygens (including phenoxy) is 2. The van der Waals surface area contributed by atoms with Crippen molar-refractivity contribution in [3.05, 3.63) is 53.8 Å². The van der Waals surface area contributed by atoms with Crippen LogP contribution >= 0.6 is 0 Å². The quantitative estimate of drug-likeness (QED) is 0.451. The zero-order chi connectivity index (χ0) is 28.7. The summed E-state index contributed by atoms with van der Waals surface area (Å²) in [6.45, 7) is 4.01. The maximum Gasteiger partial charge on any atom is 0.267 e. The number of sulfonamides is 1. The van der Waals surface area contributed by atoms with Gasteiger partial charge in [0.15, 0.2) is 17.3 Å². The average molecular weight is 564 g/mol. The first-order valence-corrected chi connectivity index (χ1v) is 14.0. The lowest BCUT2D eigenvalue weighted by Gasteiger charge is -2.33. The number of carbonyl (C=O) groups excluding carboxylic acids is 3. The fraction of sp³-hybridized carbons (Fsp3) is 0.444. The molecule has 2 N–H and O–H groups in total. The van der Waals surface area contributed by atoms with Crippen molar-refractivity contribution in [1.82, 2.24) is 14.9 Å². The summed E-state index contributed by atoms with van der Waals surface area (Å²) in [6.07, 6.45) is 0.661. The van der Waals surface area contributed by atoms with Crippen LogP contribution in [-0.2, 0) is 19.6 Å². The van der Waals surface area contributed by atoms with Gasteiger partial charge in [0.1, 0.15) is 17.9 Å². The van der Waals surface area contributed by atoms with Crippen molar-refractivity contribution in [1.29, 1.82) is 0 Å². The van der Waals surface area contributed by atoms with Gasteiger partial charge in [0.2, 0.25) is 0 Å². The minimum absolute atomic E-state index is 0.104. The van der Waals surface area contributed by atoms with Crippen molar-refractivity contribution in [3.63, 3.8) is 0 Å². The Morgan fingerprint density at radius 2 is 1.77 bits per heavy atom. The first-order chi connectivity index (χ1) is 18.5. The molecule has 2 amide bonds. The van der Waals surface area contributed by atoms with Gasteiger partial charge in [-0.05, 0) is 74.2 Å². The smallest absolute Gasteiger partial charge is 0.267 e. The molecule has 12 heteroatoms. The van der Waals surface area contributed by atoms with Gasteiger partial charge in [0.05, 0.1) is 25.7 Å². The standard InChI is InChI=1S/C27H34FN3O7S/c1-17(2)14-21(30-26(33)18-7-12-24(37-3)25(15-18)38-4)27(34)31(22-6-5-13-29-16-23(22)32)39(35,36)20-10-8-19(28)9-11-20/h7-12,15,17,21-22,29H,5-6,13-14,16H2,1-4H3,(H,30,33)/t21-,22?/m0/s1. The van der Waals surface area contributed by atoms with Crippen molar-refractivity contribution >= 4 is 27.6 Å². The number of rotatable bonds is 10. The summed E-state index contributed by atoms with van der Waals surface area (Å²) >= 11 is 0. The van der Waals surface area contributed by atoms with Crippen LogP contribution < -0.4 is 20.1 Å². The Morgan fingerprint density at radius 3 is 2.38 bits per heavy atom. The Labute approximate surface area is 227 Å². The molecule has 1 aliphatic heterocycles. The van der Waals surface area contributed by atoms with E-state index in [2.05, 4.69) is 10.6 Å². The second kappa shape index (κ2) is 13.0. The minimum Gasteiger partial charge on any atom is -0.493 e. The molecule has 212 valence electrons. The van der Waals surface area contributed by atoms with Crippen LogP contribution in [0.2, 0.25) is 0 Å². The van der Waals surface area contributed by atoms with Crippen molar-refractivity contribution in [2.75, 3.05) is 27.3 Å². The highest BCUT2D eigenvalue weighted by molar-refractivity contribution is 7.89. The van der Waals surface area contributed by atoms with E-state index in [1.165, 1.54) is 32.4 Å². The third-order valence-electron chi connectivity index (χ3n) is 6.33. The maximum absolute atomic E-state index is 14.1. The summed E-state index contributed by atoms with van der Waals surface area (Å²) in [7, 11) is -1.71. The fourth-order valence-electron chi connectivity index (χ4n) is 4.38. The summed E-state index contributed by atoms with van der Waals surface area (Å²) in [6, 6.07) is 5.94. The molecule has 39 heavy (non-hydrogen) atoms. The van der Waals surface area contributed by atoms with E-state index in [9.17, 15) is 27.2 Å². The first kappa shape index (κ1) is 30.0. The third kappa shape index (κ3) is 7.12. The minimum atomic E-state index is -4.59. The van der Waals surface area contributed by atoms with Crippen molar-refractivity contribution in [2.45, 2.75) is 50.1 Å². The van der Waals surface area contributed by atoms with Crippen LogP contribution in [0.4, 0.5) is 4.39 Å². The van der Waals surface area contributed by atoms with E-state index in [0.29, 0.717) is 28.8 Å². The second-order valence-electron chi connectivity index (χ2n) is 9.62. The van der Waals surface area contributed by atoms with Crippen molar-refractivity contribution in [2.24, 2.45) is 5.92 Å². The zero-order valence-electron chi connectivity index (χ0n) is 22.4. The molecule has 2 aromatic carbocycles. The highest BCUT2D eigenvalue weighted by atomic mass is 32.2. The number of carbonyl (C=O) groups is 3. The van der Waals surface area contributed by atoms with Gasteiger partial charge in [-0.3, -0.25) is 14.4 Å². The molecule has 2 atom stereocenters. The summed E-state index contributed by atoms with van der Waals surface area (Å²) in [5.74, 6) is -2.12. The molecule has 0 radical (unpaired) electrons. The van der Waals surface area contributed by atoms with Crippen molar-refractivity contribution in [3.8, 4) is 11.5 Å². The number of nitrogens with one attached hydrogen (secondary N) is 2. The van der Waals surface area contributed by atoms with E-state index in [4.69, 9.17) is 9.47 Å². The van der Waals surface area contributed by atoms with Crippen LogP contribution in [0.5, 0.6) is 11.5 Å². The molecule has 0 bridgehead atoms. The molecule has 1 aliphatic rings. The molecule has 0 spiro atoms. The number of methoxy groups -OCH3 is 2. The van der Waals surface area contributed by atoms with Crippen LogP contribution in [0.3, 0.4) is 0 Å². The summed E-state index contributed by atoms with van der Waals surface area (Å²) in [4.78, 5) is 40.0. The monoisotopic (exact) mass is 563 g/mol. The molecule has 1 fully saturated rings. The molecule has 1 unspecified atom stereocenters. The van der Waals surface area contributed by atoms with E-state index in [0.717, 1.165) is 24.3 Å². The molecule has 3 rings (SSSR count). The normalized spacial score (nSPS) is 16.8. The molecule has 1 heterocycles. The number of hydrogen-bond acceptors (Lipinski definition) is 8. The molecular weight excluding hydrogens is 529 g/mol. The van der Waals surface area contributed by atoms with Crippen molar-refractivity contribution < 1.29 is 36.7 Å². The summed E-state index contributed by atoms with van der Waals surface area (Å²) in [5.41, 5.74) is 0.164. The molecule has 10 nitrogen and oxygen atoms in total. The SMILES string of the molecule is COc1ccc(C(=O)N[C@@H](CC(C)C)C(=O)N(C2CCCNCC2=O)S(=O)(=O)c2ccc(F)cc2)cc1OC. The van der Waals surface area contributed by atoms with E-state index >= 15 is 0 Å². The Hall–Kier alpha value is -3.51. The summed E-state index contributed by atoms with van der Waals surface area (Å²) in [5, 5.41) is 5.59. The number of Topliss-reactive ketones (excluding diaryl/α,β-unsaturated/α-hetero) is 1. The van der Waals surface area contributed by atoms with Gasteiger partial charge in [-0.2, -0.15) is 0 Å². The molecule has 1 saturated heterocycles. The van der Waals surface area contributed by atoms with Crippen LogP contribution in [0.25, 0.3) is 0 Å². The van der Waals surface area contributed by atoms with Crippen LogP contribution in [0.1, 0.15) is 43.5 Å². The van der Waals surface area contributed by atoms with Gasteiger partial charge in [-0.1, -0.05) is 13.8 Å². The maximum atomic E-state index is 14.1. The average Bonchev–Trinajstić information content (AvgIpc) is 3.11. The lowest BCUT2D eigenvalue weighted by atomic mass is 10.0. The van der Waals surface area contributed by atoms with Gasteiger partial charge in [0, 0.05) is 5.56 Å². The summed E-state index contributed by atoms with van der Waals surface area (Å²) < 4.78 is 52.2.